The molecule has 0 aromatic carbocycles. The van der Waals surface area contributed by atoms with E-state index in [-0.39, 0.29) is 19.8 Å². The van der Waals surface area contributed by atoms with Crippen molar-refractivity contribution in [3.63, 3.8) is 0 Å². The Morgan fingerprint density at radius 3 is 2.81 bits per heavy atom. The van der Waals surface area contributed by atoms with Crippen LogP contribution in [0.1, 0.15) is 13.3 Å². The molecule has 0 amide bonds. The van der Waals surface area contributed by atoms with E-state index < -0.39 is 11.7 Å². The number of allylic oxidation sites excluding steroid dienone is 1. The summed E-state index contributed by atoms with van der Waals surface area (Å²) in [5.74, 6) is 0. The van der Waals surface area contributed by atoms with Crippen molar-refractivity contribution in [3.05, 3.63) is 25.0 Å². The van der Waals surface area contributed by atoms with E-state index in [1.807, 2.05) is 0 Å². The highest BCUT2D eigenvalue weighted by Gasteiger charge is 2.21. The van der Waals surface area contributed by atoms with Crippen LogP contribution in [0.25, 0.3) is 0 Å². The molecule has 0 aliphatic carbocycles. The molecule has 0 aliphatic heterocycles. The van der Waals surface area contributed by atoms with Gasteiger partial charge < -0.3 is 19.7 Å². The fourth-order valence-corrected chi connectivity index (χ4v) is 1.13. The zero-order chi connectivity index (χ0) is 12.4. The molecule has 5 nitrogen and oxygen atoms in total. The smallest absolute Gasteiger partial charge is 0.188 e. The number of carbonyl (C=O) groups is 1. The van der Waals surface area contributed by atoms with E-state index in [9.17, 15) is 15.0 Å². The lowest BCUT2D eigenvalue weighted by Gasteiger charge is -2.22. The maximum Gasteiger partial charge on any atom is 0.188 e. The largest absolute Gasteiger partial charge is 0.476 e. The summed E-state index contributed by atoms with van der Waals surface area (Å²) in [6, 6.07) is 0. The summed E-state index contributed by atoms with van der Waals surface area (Å²) in [7, 11) is 0. The summed E-state index contributed by atoms with van der Waals surface area (Å²) < 4.78 is 9.62. The van der Waals surface area contributed by atoms with E-state index >= 15 is 0 Å². The lowest BCUT2D eigenvalue weighted by molar-refractivity contribution is -0.104. The van der Waals surface area contributed by atoms with Gasteiger partial charge in [-0.25, -0.2) is 0 Å². The van der Waals surface area contributed by atoms with Gasteiger partial charge in [-0.05, 0) is 13.0 Å². The van der Waals surface area contributed by atoms with Gasteiger partial charge in [-0.1, -0.05) is 12.7 Å². The molecule has 2 N–H and O–H groups in total. The molecule has 0 bridgehead atoms. The first kappa shape index (κ1) is 14.8. The van der Waals surface area contributed by atoms with Gasteiger partial charge in [0.25, 0.3) is 0 Å². The maximum absolute atomic E-state index is 10.1. The third-order valence-electron chi connectivity index (χ3n) is 1.76. The van der Waals surface area contributed by atoms with Gasteiger partial charge in [0.1, 0.15) is 6.29 Å². The third-order valence-corrected chi connectivity index (χ3v) is 1.76. The summed E-state index contributed by atoms with van der Waals surface area (Å²) in [6.45, 7) is 4.87. The van der Waals surface area contributed by atoms with Gasteiger partial charge in [-0.2, -0.15) is 0 Å². The second-order valence-electron chi connectivity index (χ2n) is 3.53. The predicted octanol–water partition coefficient (Wildman–Crippen LogP) is 0.378. The minimum atomic E-state index is -1.23. The van der Waals surface area contributed by atoms with Crippen molar-refractivity contribution in [2.45, 2.75) is 25.0 Å². The zero-order valence-electron chi connectivity index (χ0n) is 9.33. The van der Waals surface area contributed by atoms with Gasteiger partial charge in [-0.3, -0.25) is 4.79 Å². The summed E-state index contributed by atoms with van der Waals surface area (Å²) in [5.41, 5.74) is -1.23. The number of aldehydes is 1. The van der Waals surface area contributed by atoms with Crippen LogP contribution in [0.2, 0.25) is 0 Å². The number of rotatable bonds is 9. The first-order chi connectivity index (χ1) is 7.52. The van der Waals surface area contributed by atoms with Crippen LogP contribution in [0, 0.1) is 0 Å². The fourth-order valence-electron chi connectivity index (χ4n) is 1.13. The van der Waals surface area contributed by atoms with Crippen molar-refractivity contribution >= 4 is 6.29 Å². The minimum Gasteiger partial charge on any atom is -0.476 e. The molecule has 5 heteroatoms. The second-order valence-corrected chi connectivity index (χ2v) is 3.53. The van der Waals surface area contributed by atoms with Crippen LogP contribution in [0.4, 0.5) is 0 Å². The summed E-state index contributed by atoms with van der Waals surface area (Å²) >= 11 is 0. The van der Waals surface area contributed by atoms with Crippen LogP contribution in [0.5, 0.6) is 0 Å². The van der Waals surface area contributed by atoms with E-state index in [2.05, 4.69) is 11.3 Å². The number of ether oxygens (including phenoxy) is 2. The molecular weight excluding hydrogens is 212 g/mol. The van der Waals surface area contributed by atoms with Crippen LogP contribution in [0.3, 0.4) is 0 Å². The van der Waals surface area contributed by atoms with Gasteiger partial charge in [0.15, 0.2) is 6.79 Å². The molecule has 0 heterocycles. The quantitative estimate of drug-likeness (QED) is 0.197. The highest BCUT2D eigenvalue weighted by Crippen LogP contribution is 2.14. The van der Waals surface area contributed by atoms with Gasteiger partial charge >= 0.3 is 0 Å². The molecule has 0 saturated heterocycles. The van der Waals surface area contributed by atoms with Crippen molar-refractivity contribution in [2.24, 2.45) is 0 Å². The molecule has 0 spiro atoms. The van der Waals surface area contributed by atoms with Gasteiger partial charge in [0.05, 0.1) is 24.6 Å². The Labute approximate surface area is 95.0 Å². The Morgan fingerprint density at radius 1 is 1.56 bits per heavy atom. The van der Waals surface area contributed by atoms with Crippen molar-refractivity contribution in [1.29, 1.82) is 0 Å². The van der Waals surface area contributed by atoms with Crippen molar-refractivity contribution < 1.29 is 24.5 Å². The maximum atomic E-state index is 10.1. The summed E-state index contributed by atoms with van der Waals surface area (Å²) in [6.07, 6.45) is 3.55. The zero-order valence-corrected chi connectivity index (χ0v) is 9.33. The fraction of sp³-hybridized carbons (Fsp3) is 0.545. The second kappa shape index (κ2) is 8.04. The molecule has 0 saturated carbocycles. The summed E-state index contributed by atoms with van der Waals surface area (Å²) in [5, 5.41) is 19.2. The van der Waals surface area contributed by atoms with Crippen LogP contribution in [0.15, 0.2) is 25.0 Å². The predicted molar refractivity (Wildman–Crippen MR) is 58.6 cm³/mol. The Kier molecular flexibility index (Phi) is 7.45. The topological polar surface area (TPSA) is 76.0 Å². The lowest BCUT2D eigenvalue weighted by Crippen LogP contribution is -2.30. The first-order valence-corrected chi connectivity index (χ1v) is 4.85. The normalized spacial score (nSPS) is 16.7. The highest BCUT2D eigenvalue weighted by molar-refractivity contribution is 5.64. The summed E-state index contributed by atoms with van der Waals surface area (Å²) in [4.78, 5) is 10.1. The Hall–Kier alpha value is -1.17. The van der Waals surface area contributed by atoms with Crippen molar-refractivity contribution in [1.82, 2.24) is 0 Å². The molecule has 0 radical (unpaired) electrons. The standard InChI is InChI=1S/C11H18O5/c1-3-15-9-16-8-10(13)7-11(2,14)5-4-6-12/h3-6,10,13-14H,1,7-9H2,2H3/b5-4+. The number of aliphatic hydroxyl groups excluding tert-OH is 1. The van der Waals surface area contributed by atoms with E-state index in [0.29, 0.717) is 6.29 Å². The highest BCUT2D eigenvalue weighted by atomic mass is 16.7. The Balaban J connectivity index is 3.83. The van der Waals surface area contributed by atoms with Crippen molar-refractivity contribution in [3.8, 4) is 0 Å². The van der Waals surface area contributed by atoms with Crippen LogP contribution >= 0.6 is 0 Å². The molecule has 92 valence electrons. The first-order valence-electron chi connectivity index (χ1n) is 4.85. The molecule has 0 fully saturated rings. The number of aliphatic hydroxyl groups is 2. The molecule has 0 aromatic heterocycles. The van der Waals surface area contributed by atoms with Gasteiger partial charge in [-0.15, -0.1) is 0 Å². The number of hydrogen-bond donors (Lipinski definition) is 2. The van der Waals surface area contributed by atoms with E-state index in [1.54, 1.807) is 0 Å². The molecule has 0 aromatic rings. The lowest BCUT2D eigenvalue weighted by atomic mass is 9.98. The molecule has 2 atom stereocenters. The average Bonchev–Trinajstić information content (AvgIpc) is 2.21. The number of hydrogen-bond acceptors (Lipinski definition) is 5. The van der Waals surface area contributed by atoms with Crippen molar-refractivity contribution in [2.75, 3.05) is 13.4 Å². The van der Waals surface area contributed by atoms with Gasteiger partial charge in [0.2, 0.25) is 0 Å². The molecule has 0 rings (SSSR count). The SMILES string of the molecule is C=COCOCC(O)CC(C)(O)/C=C/C=O. The molecular formula is C11H18O5. The van der Waals surface area contributed by atoms with Gasteiger partial charge in [0, 0.05) is 6.42 Å². The number of carbonyl (C=O) groups excluding carboxylic acids is 1. The molecule has 2 unspecified atom stereocenters. The van der Waals surface area contributed by atoms with E-state index in [4.69, 9.17) is 4.74 Å². The molecule has 0 aliphatic rings. The monoisotopic (exact) mass is 230 g/mol. The van der Waals surface area contributed by atoms with E-state index in [0.717, 1.165) is 0 Å². The Bertz CT molecular complexity index is 235. The Morgan fingerprint density at radius 2 is 2.25 bits per heavy atom. The van der Waals surface area contributed by atoms with Crippen LogP contribution in [-0.4, -0.2) is 41.6 Å². The molecule has 16 heavy (non-hydrogen) atoms. The third kappa shape index (κ3) is 8.16. The minimum absolute atomic E-state index is 0.00683. The van der Waals surface area contributed by atoms with E-state index in [1.165, 1.54) is 25.3 Å². The van der Waals surface area contributed by atoms with Crippen LogP contribution in [-0.2, 0) is 14.3 Å². The average molecular weight is 230 g/mol. The van der Waals surface area contributed by atoms with Crippen LogP contribution < -0.4 is 0 Å².